The molecule has 0 saturated carbocycles. The van der Waals surface area contributed by atoms with Crippen LogP contribution in [0.25, 0.3) is 0 Å². The number of carbonyl (C=O) groups is 2. The lowest BCUT2D eigenvalue weighted by Gasteiger charge is -2.20. The molecular weight excluding hydrogens is 731 g/mol. The molecule has 0 saturated heterocycles. The summed E-state index contributed by atoms with van der Waals surface area (Å²) in [6, 6.07) is 0. The number of hydrogen-bond acceptors (Lipinski definition) is 6. The van der Waals surface area contributed by atoms with E-state index in [9.17, 15) is 9.59 Å². The molecule has 0 amide bonds. The van der Waals surface area contributed by atoms with Crippen molar-refractivity contribution in [3.05, 3.63) is 0 Å². The fourth-order valence-electron chi connectivity index (χ4n) is 8.66. The molecule has 1 unspecified atom stereocenters. The zero-order valence-corrected chi connectivity index (χ0v) is 40.9. The van der Waals surface area contributed by atoms with Gasteiger partial charge in [0.05, 0.1) is 19.3 Å². The quantitative estimate of drug-likeness (QED) is 0.0449. The van der Waals surface area contributed by atoms with E-state index in [-0.39, 0.29) is 11.9 Å². The zero-order valence-electron chi connectivity index (χ0n) is 40.9. The molecule has 0 N–H and O–H groups in total. The summed E-state index contributed by atoms with van der Waals surface area (Å²) in [6.45, 7) is 19.1. The van der Waals surface area contributed by atoms with Gasteiger partial charge in [-0.25, -0.2) is 0 Å². The summed E-state index contributed by atoms with van der Waals surface area (Å²) in [4.78, 5) is 27.3. The van der Waals surface area contributed by atoms with Crippen LogP contribution in [0.2, 0.25) is 0 Å². The van der Waals surface area contributed by atoms with E-state index in [2.05, 4.69) is 46.4 Å². The number of rotatable bonds is 48. The first kappa shape index (κ1) is 57.9. The van der Waals surface area contributed by atoms with Crippen LogP contribution >= 0.6 is 0 Å². The van der Waals surface area contributed by atoms with Crippen molar-refractivity contribution in [2.75, 3.05) is 39.5 Å². The Morgan fingerprint density at radius 2 is 0.729 bits per heavy atom. The fourth-order valence-corrected chi connectivity index (χ4v) is 8.66. The molecule has 6 nitrogen and oxygen atoms in total. The highest BCUT2D eigenvalue weighted by Gasteiger charge is 2.13. The fraction of sp³-hybridized carbons (Fsp3) is 0.962. The minimum Gasteiger partial charge on any atom is -0.466 e. The Morgan fingerprint density at radius 3 is 1.10 bits per heavy atom. The first-order chi connectivity index (χ1) is 28.9. The maximum absolute atomic E-state index is 12.4. The third kappa shape index (κ3) is 40.7. The summed E-state index contributed by atoms with van der Waals surface area (Å²) < 4.78 is 17.8. The number of hydrogen-bond donors (Lipinski definition) is 0. The monoisotopic (exact) mass is 836 g/mol. The van der Waals surface area contributed by atoms with Crippen molar-refractivity contribution < 1.29 is 23.8 Å². The highest BCUT2D eigenvalue weighted by atomic mass is 16.5. The molecule has 0 spiro atoms. The van der Waals surface area contributed by atoms with E-state index in [1.165, 1.54) is 173 Å². The van der Waals surface area contributed by atoms with E-state index in [1.807, 2.05) is 0 Å². The summed E-state index contributed by atoms with van der Waals surface area (Å²) in [5.74, 6) is 1.45. The number of ether oxygens (including phenoxy) is 3. The number of nitrogens with zero attached hydrogens (tertiary/aromatic N) is 1. The Hall–Kier alpha value is -1.14. The third-order valence-corrected chi connectivity index (χ3v) is 12.9. The van der Waals surface area contributed by atoms with Crippen LogP contribution < -0.4 is 0 Å². The van der Waals surface area contributed by atoms with Crippen molar-refractivity contribution in [3.63, 3.8) is 0 Å². The van der Waals surface area contributed by atoms with Crippen LogP contribution in [0.15, 0.2) is 0 Å². The standard InChI is InChI=1S/C53H105NO5/c1-7-13-25-35-49(36-26-14-8-2)43-47-58-52(55)41-31-23-19-17-18-21-29-39-51(57-46-34-33-45-54(11-5)12-6)40-30-22-20-24-32-42-53(56)59-48-44-50(37-27-15-9-3)38-28-16-10-4/h49-51H,7-48H2,1-6H3. The molecule has 0 aromatic rings. The molecule has 0 heterocycles. The molecule has 6 heteroatoms. The van der Waals surface area contributed by atoms with E-state index in [0.29, 0.717) is 38.1 Å². The Labute approximate surface area is 369 Å². The van der Waals surface area contributed by atoms with Gasteiger partial charge in [0.1, 0.15) is 0 Å². The van der Waals surface area contributed by atoms with Gasteiger partial charge >= 0.3 is 11.9 Å². The van der Waals surface area contributed by atoms with Crippen LogP contribution in [-0.2, 0) is 23.8 Å². The molecular formula is C53H105NO5. The summed E-state index contributed by atoms with van der Waals surface area (Å²) >= 11 is 0. The minimum absolute atomic E-state index is 0.00473. The van der Waals surface area contributed by atoms with E-state index in [1.54, 1.807) is 0 Å². The molecule has 59 heavy (non-hydrogen) atoms. The van der Waals surface area contributed by atoms with E-state index < -0.39 is 0 Å². The van der Waals surface area contributed by atoms with Gasteiger partial charge in [0.25, 0.3) is 0 Å². The zero-order chi connectivity index (χ0) is 43.3. The molecule has 352 valence electrons. The summed E-state index contributed by atoms with van der Waals surface area (Å²) in [7, 11) is 0. The van der Waals surface area contributed by atoms with Crippen molar-refractivity contribution in [2.45, 2.75) is 279 Å². The van der Waals surface area contributed by atoms with Gasteiger partial charge in [-0.1, -0.05) is 208 Å². The highest BCUT2D eigenvalue weighted by molar-refractivity contribution is 5.69. The number of unbranched alkanes of at least 4 members (excludes halogenated alkanes) is 19. The Bertz CT molecular complexity index is 843. The third-order valence-electron chi connectivity index (χ3n) is 12.9. The van der Waals surface area contributed by atoms with E-state index >= 15 is 0 Å². The molecule has 0 aliphatic heterocycles. The first-order valence-corrected chi connectivity index (χ1v) is 26.6. The SMILES string of the molecule is CCCCCC(CCCCC)CCOC(=O)CCCCCCCCCC(CCCCCCCC(=O)OCCC(CCCCC)CCCCC)OCCCCN(CC)CC. The van der Waals surface area contributed by atoms with Gasteiger partial charge in [-0.05, 0) is 82.8 Å². The van der Waals surface area contributed by atoms with Gasteiger partial charge in [0, 0.05) is 19.4 Å². The van der Waals surface area contributed by atoms with Crippen LogP contribution in [-0.4, -0.2) is 62.4 Å². The normalized spacial score (nSPS) is 12.3. The summed E-state index contributed by atoms with van der Waals surface area (Å²) in [5, 5.41) is 0. The van der Waals surface area contributed by atoms with Gasteiger partial charge in [0.15, 0.2) is 0 Å². The van der Waals surface area contributed by atoms with Gasteiger partial charge < -0.3 is 19.1 Å². The van der Waals surface area contributed by atoms with Crippen molar-refractivity contribution in [1.82, 2.24) is 4.90 Å². The van der Waals surface area contributed by atoms with Crippen molar-refractivity contribution >= 4 is 11.9 Å². The second-order valence-electron chi connectivity index (χ2n) is 18.3. The molecule has 0 aromatic carbocycles. The molecule has 0 aliphatic carbocycles. The van der Waals surface area contributed by atoms with Gasteiger partial charge in [0.2, 0.25) is 0 Å². The van der Waals surface area contributed by atoms with Gasteiger partial charge in [-0.3, -0.25) is 9.59 Å². The molecule has 0 aromatic heterocycles. The van der Waals surface area contributed by atoms with Crippen molar-refractivity contribution in [1.29, 1.82) is 0 Å². The maximum Gasteiger partial charge on any atom is 0.305 e. The summed E-state index contributed by atoms with van der Waals surface area (Å²) in [6.07, 6.45) is 43.1. The summed E-state index contributed by atoms with van der Waals surface area (Å²) in [5.41, 5.74) is 0. The van der Waals surface area contributed by atoms with Crippen LogP contribution in [0.4, 0.5) is 0 Å². The predicted octanol–water partition coefficient (Wildman–Crippen LogP) is 16.2. The maximum atomic E-state index is 12.4. The largest absolute Gasteiger partial charge is 0.466 e. The average molecular weight is 836 g/mol. The topological polar surface area (TPSA) is 65.1 Å². The first-order valence-electron chi connectivity index (χ1n) is 26.6. The predicted molar refractivity (Wildman–Crippen MR) is 255 cm³/mol. The van der Waals surface area contributed by atoms with Gasteiger partial charge in [-0.15, -0.1) is 0 Å². The van der Waals surface area contributed by atoms with Crippen molar-refractivity contribution in [3.8, 4) is 0 Å². The lowest BCUT2D eigenvalue weighted by molar-refractivity contribution is -0.145. The smallest absolute Gasteiger partial charge is 0.305 e. The Morgan fingerprint density at radius 1 is 0.373 bits per heavy atom. The molecule has 0 aliphatic rings. The molecule has 0 fully saturated rings. The molecule has 0 bridgehead atoms. The second-order valence-corrected chi connectivity index (χ2v) is 18.3. The van der Waals surface area contributed by atoms with Crippen LogP contribution in [0, 0.1) is 11.8 Å². The number of carbonyl (C=O) groups excluding carboxylic acids is 2. The lowest BCUT2D eigenvalue weighted by Crippen LogP contribution is -2.24. The van der Waals surface area contributed by atoms with E-state index in [4.69, 9.17) is 14.2 Å². The van der Waals surface area contributed by atoms with Crippen LogP contribution in [0.3, 0.4) is 0 Å². The van der Waals surface area contributed by atoms with Gasteiger partial charge in [-0.2, -0.15) is 0 Å². The lowest BCUT2D eigenvalue weighted by atomic mass is 9.92. The second kappa shape index (κ2) is 46.4. The van der Waals surface area contributed by atoms with Crippen LogP contribution in [0.5, 0.6) is 0 Å². The molecule has 1 atom stereocenters. The van der Waals surface area contributed by atoms with Crippen LogP contribution in [0.1, 0.15) is 273 Å². The highest BCUT2D eigenvalue weighted by Crippen LogP contribution is 2.23. The average Bonchev–Trinajstić information content (AvgIpc) is 3.23. The Balaban J connectivity index is 4.28. The molecule has 0 rings (SSSR count). The number of esters is 2. The van der Waals surface area contributed by atoms with E-state index in [0.717, 1.165) is 77.0 Å². The van der Waals surface area contributed by atoms with Crippen molar-refractivity contribution in [2.24, 2.45) is 11.8 Å². The molecule has 0 radical (unpaired) electrons. The Kier molecular flexibility index (Phi) is 45.5. The minimum atomic E-state index is 0.00473.